The molecule has 1 aromatic carbocycles. The van der Waals surface area contributed by atoms with Crippen molar-refractivity contribution >= 4 is 33.3 Å². The standard InChI is InChI=1S/C28H36N4O2S/c1-20(2)17-24-29-27(26-22-11-7-4-8-12-23(22)35-28(26)30-24)32-15-13-31(14-16-32)25(33)19-34-18-21-9-5-3-6-10-21/h3,5-6,9-10,20H,4,7-8,11-19H2,1-2H3. The first kappa shape index (κ1) is 24.2. The summed E-state index contributed by atoms with van der Waals surface area (Å²) in [7, 11) is 0. The highest BCUT2D eigenvalue weighted by Gasteiger charge is 2.27. The first-order valence-corrected chi connectivity index (χ1v) is 13.9. The molecular weight excluding hydrogens is 456 g/mol. The summed E-state index contributed by atoms with van der Waals surface area (Å²) in [5.74, 6) is 2.63. The highest BCUT2D eigenvalue weighted by molar-refractivity contribution is 7.19. The molecule has 3 aromatic rings. The number of thiophene rings is 1. The summed E-state index contributed by atoms with van der Waals surface area (Å²) in [6.45, 7) is 8.03. The lowest BCUT2D eigenvalue weighted by Gasteiger charge is -2.36. The van der Waals surface area contributed by atoms with Crippen molar-refractivity contribution in [3.8, 4) is 0 Å². The van der Waals surface area contributed by atoms with Crippen LogP contribution in [0.3, 0.4) is 0 Å². The predicted octanol–water partition coefficient (Wildman–Crippen LogP) is 5.02. The molecule has 1 fully saturated rings. The van der Waals surface area contributed by atoms with Gasteiger partial charge in [0.05, 0.1) is 12.0 Å². The Morgan fingerprint density at radius 2 is 1.80 bits per heavy atom. The zero-order valence-corrected chi connectivity index (χ0v) is 21.8. The van der Waals surface area contributed by atoms with Crippen molar-refractivity contribution in [3.63, 3.8) is 0 Å². The van der Waals surface area contributed by atoms with Crippen LogP contribution in [0.1, 0.15) is 54.9 Å². The molecule has 0 bridgehead atoms. The third-order valence-corrected chi connectivity index (χ3v) is 8.14. The fourth-order valence-corrected chi connectivity index (χ4v) is 6.41. The topological polar surface area (TPSA) is 58.6 Å². The number of ether oxygens (including phenoxy) is 1. The molecule has 0 N–H and O–H groups in total. The van der Waals surface area contributed by atoms with Crippen LogP contribution in [0.2, 0.25) is 0 Å². The van der Waals surface area contributed by atoms with Gasteiger partial charge in [0.2, 0.25) is 5.91 Å². The van der Waals surface area contributed by atoms with Gasteiger partial charge in [-0.3, -0.25) is 4.79 Å². The second kappa shape index (κ2) is 11.0. The van der Waals surface area contributed by atoms with Gasteiger partial charge in [-0.2, -0.15) is 0 Å². The van der Waals surface area contributed by atoms with E-state index in [0.29, 0.717) is 25.6 Å². The first-order chi connectivity index (χ1) is 17.1. The molecule has 0 radical (unpaired) electrons. The summed E-state index contributed by atoms with van der Waals surface area (Å²) in [5.41, 5.74) is 2.58. The summed E-state index contributed by atoms with van der Waals surface area (Å²) >= 11 is 1.89. The third kappa shape index (κ3) is 5.67. The van der Waals surface area contributed by atoms with Crippen molar-refractivity contribution in [1.29, 1.82) is 0 Å². The number of hydrogen-bond donors (Lipinski definition) is 0. The summed E-state index contributed by atoms with van der Waals surface area (Å²) in [6, 6.07) is 10.00. The zero-order chi connectivity index (χ0) is 24.2. The van der Waals surface area contributed by atoms with Gasteiger partial charge in [-0.25, -0.2) is 9.97 Å². The van der Waals surface area contributed by atoms with Crippen LogP contribution in [0, 0.1) is 5.92 Å². The number of aryl methyl sites for hydroxylation is 2. The molecule has 0 atom stereocenters. The number of carbonyl (C=O) groups excluding carboxylic acids is 1. The Kier molecular flexibility index (Phi) is 7.63. The lowest BCUT2D eigenvalue weighted by molar-refractivity contribution is -0.136. The molecule has 2 aliphatic rings. The van der Waals surface area contributed by atoms with Gasteiger partial charge in [0.1, 0.15) is 23.1 Å². The van der Waals surface area contributed by atoms with Crippen LogP contribution in [0.25, 0.3) is 10.2 Å². The van der Waals surface area contributed by atoms with Crippen LogP contribution in [0.15, 0.2) is 30.3 Å². The molecule has 1 aliphatic carbocycles. The maximum atomic E-state index is 12.8. The molecule has 6 nitrogen and oxygen atoms in total. The van der Waals surface area contributed by atoms with Crippen molar-refractivity contribution in [2.75, 3.05) is 37.7 Å². The van der Waals surface area contributed by atoms with Crippen LogP contribution in [-0.4, -0.2) is 53.6 Å². The van der Waals surface area contributed by atoms with Crippen LogP contribution < -0.4 is 4.90 Å². The quantitative estimate of drug-likeness (QED) is 0.433. The average Bonchev–Trinajstić information content (AvgIpc) is 3.04. The van der Waals surface area contributed by atoms with Crippen molar-refractivity contribution in [3.05, 3.63) is 52.2 Å². The summed E-state index contributed by atoms with van der Waals surface area (Å²) in [5, 5.41) is 1.28. The maximum absolute atomic E-state index is 12.8. The Balaban J connectivity index is 1.29. The van der Waals surface area contributed by atoms with E-state index in [9.17, 15) is 4.79 Å². The highest BCUT2D eigenvalue weighted by Crippen LogP contribution is 2.39. The molecular formula is C28H36N4O2S. The number of amides is 1. The lowest BCUT2D eigenvalue weighted by Crippen LogP contribution is -2.50. The molecule has 7 heteroatoms. The Labute approximate surface area is 212 Å². The summed E-state index contributed by atoms with van der Waals surface area (Å²) < 4.78 is 5.70. The van der Waals surface area contributed by atoms with Crippen LogP contribution >= 0.6 is 11.3 Å². The van der Waals surface area contributed by atoms with Gasteiger partial charge in [0, 0.05) is 37.5 Å². The van der Waals surface area contributed by atoms with Gasteiger partial charge in [0.15, 0.2) is 0 Å². The molecule has 0 saturated carbocycles. The molecule has 35 heavy (non-hydrogen) atoms. The molecule has 2 aromatic heterocycles. The van der Waals surface area contributed by atoms with E-state index in [4.69, 9.17) is 14.7 Å². The number of fused-ring (bicyclic) bond motifs is 3. The Morgan fingerprint density at radius 1 is 1.03 bits per heavy atom. The minimum absolute atomic E-state index is 0.0679. The average molecular weight is 493 g/mol. The number of carbonyl (C=O) groups is 1. The lowest BCUT2D eigenvalue weighted by atomic mass is 10.1. The Morgan fingerprint density at radius 3 is 2.57 bits per heavy atom. The summed E-state index contributed by atoms with van der Waals surface area (Å²) in [4.78, 5) is 29.9. The second-order valence-electron chi connectivity index (χ2n) is 10.2. The van der Waals surface area contributed by atoms with Crippen LogP contribution in [-0.2, 0) is 35.4 Å². The molecule has 3 heterocycles. The van der Waals surface area contributed by atoms with E-state index in [1.807, 2.05) is 46.6 Å². The maximum Gasteiger partial charge on any atom is 0.248 e. The van der Waals surface area contributed by atoms with Gasteiger partial charge >= 0.3 is 0 Å². The number of nitrogens with zero attached hydrogens (tertiary/aromatic N) is 4. The second-order valence-corrected chi connectivity index (χ2v) is 11.2. The minimum atomic E-state index is 0.0679. The monoisotopic (exact) mass is 492 g/mol. The number of hydrogen-bond acceptors (Lipinski definition) is 6. The predicted molar refractivity (Wildman–Crippen MR) is 142 cm³/mol. The molecule has 1 saturated heterocycles. The Bertz CT molecular complexity index is 1150. The zero-order valence-electron chi connectivity index (χ0n) is 21.0. The van der Waals surface area contributed by atoms with E-state index in [2.05, 4.69) is 18.7 Å². The van der Waals surface area contributed by atoms with Gasteiger partial charge in [0.25, 0.3) is 0 Å². The van der Waals surface area contributed by atoms with E-state index in [1.165, 1.54) is 41.5 Å². The van der Waals surface area contributed by atoms with Gasteiger partial charge in [-0.05, 0) is 42.7 Å². The Hall–Kier alpha value is -2.51. The number of aromatic nitrogens is 2. The van der Waals surface area contributed by atoms with Crippen molar-refractivity contribution in [2.24, 2.45) is 5.92 Å². The van der Waals surface area contributed by atoms with Crippen molar-refractivity contribution < 1.29 is 9.53 Å². The van der Waals surface area contributed by atoms with Crippen molar-refractivity contribution in [1.82, 2.24) is 14.9 Å². The third-order valence-electron chi connectivity index (χ3n) is 6.95. The van der Waals surface area contributed by atoms with E-state index in [1.54, 1.807) is 0 Å². The fourth-order valence-electron chi connectivity index (χ4n) is 5.13. The molecule has 5 rings (SSSR count). The van der Waals surface area contributed by atoms with E-state index in [-0.39, 0.29) is 12.5 Å². The largest absolute Gasteiger partial charge is 0.367 e. The molecule has 0 unspecified atom stereocenters. The van der Waals surface area contributed by atoms with E-state index in [0.717, 1.165) is 48.0 Å². The normalized spacial score (nSPS) is 16.5. The van der Waals surface area contributed by atoms with Gasteiger partial charge in [-0.1, -0.05) is 50.6 Å². The fraction of sp³-hybridized carbons (Fsp3) is 0.536. The summed E-state index contributed by atoms with van der Waals surface area (Å²) in [6.07, 6.45) is 7.01. The molecule has 186 valence electrons. The molecule has 0 spiro atoms. The van der Waals surface area contributed by atoms with Crippen LogP contribution in [0.4, 0.5) is 5.82 Å². The minimum Gasteiger partial charge on any atom is -0.367 e. The molecule has 1 amide bonds. The van der Waals surface area contributed by atoms with E-state index < -0.39 is 0 Å². The SMILES string of the molecule is CC(C)Cc1nc(N2CCN(C(=O)COCc3ccccc3)CC2)c2c3c(sc2n1)CCCCC3. The number of rotatable bonds is 7. The van der Waals surface area contributed by atoms with Crippen molar-refractivity contribution in [2.45, 2.75) is 59.0 Å². The van der Waals surface area contributed by atoms with Gasteiger partial charge < -0.3 is 14.5 Å². The smallest absolute Gasteiger partial charge is 0.248 e. The van der Waals surface area contributed by atoms with E-state index >= 15 is 0 Å². The highest BCUT2D eigenvalue weighted by atomic mass is 32.1. The number of piperazine rings is 1. The van der Waals surface area contributed by atoms with Gasteiger partial charge in [-0.15, -0.1) is 11.3 Å². The number of benzene rings is 1. The number of anilines is 1. The van der Waals surface area contributed by atoms with Crippen LogP contribution in [0.5, 0.6) is 0 Å². The molecule has 1 aliphatic heterocycles. The first-order valence-electron chi connectivity index (χ1n) is 13.0.